The Morgan fingerprint density at radius 1 is 1.13 bits per heavy atom. The molecule has 0 unspecified atom stereocenters. The standard InChI is InChI=1S/C22H25N3O4S/c26-22(23-18-7-3-4-8-21(18)30-17-5-1-2-6-17)16-9-10-19(20(15-16)25(27)28)24-11-13-29-14-12-24/h3-4,7-10,15,17H,1-2,5-6,11-14H2,(H,23,26). The summed E-state index contributed by atoms with van der Waals surface area (Å²) < 4.78 is 5.33. The maximum atomic E-state index is 12.9. The van der Waals surface area contributed by atoms with Gasteiger partial charge in [-0.2, -0.15) is 0 Å². The Hall–Kier alpha value is -2.58. The first-order valence-corrected chi connectivity index (χ1v) is 11.2. The zero-order valence-electron chi connectivity index (χ0n) is 16.7. The predicted octanol–water partition coefficient (Wildman–Crippen LogP) is 4.72. The van der Waals surface area contributed by atoms with Gasteiger partial charge >= 0.3 is 0 Å². The molecule has 2 aliphatic rings. The van der Waals surface area contributed by atoms with Crippen LogP contribution in [0.3, 0.4) is 0 Å². The van der Waals surface area contributed by atoms with Crippen LogP contribution in [0.4, 0.5) is 17.1 Å². The number of amides is 1. The quantitative estimate of drug-likeness (QED) is 0.530. The highest BCUT2D eigenvalue weighted by molar-refractivity contribution is 8.00. The molecule has 1 amide bonds. The number of carbonyl (C=O) groups is 1. The smallest absolute Gasteiger partial charge is 0.293 e. The Morgan fingerprint density at radius 2 is 1.87 bits per heavy atom. The van der Waals surface area contributed by atoms with Crippen LogP contribution in [0.5, 0.6) is 0 Å². The third-order valence-corrected chi connectivity index (χ3v) is 6.93. The van der Waals surface area contributed by atoms with Crippen molar-refractivity contribution in [2.75, 3.05) is 36.5 Å². The average molecular weight is 428 g/mol. The van der Waals surface area contributed by atoms with Crippen molar-refractivity contribution in [3.8, 4) is 0 Å². The Balaban J connectivity index is 1.53. The highest BCUT2D eigenvalue weighted by Crippen LogP contribution is 2.38. The number of hydrogen-bond donors (Lipinski definition) is 1. The molecule has 1 aliphatic heterocycles. The van der Waals surface area contributed by atoms with E-state index < -0.39 is 4.92 Å². The van der Waals surface area contributed by atoms with Crippen LogP contribution >= 0.6 is 11.8 Å². The molecule has 4 rings (SSSR count). The van der Waals surface area contributed by atoms with E-state index in [-0.39, 0.29) is 17.2 Å². The number of rotatable bonds is 6. The van der Waals surface area contributed by atoms with Gasteiger partial charge in [-0.3, -0.25) is 14.9 Å². The van der Waals surface area contributed by atoms with E-state index in [2.05, 4.69) is 5.32 Å². The summed E-state index contributed by atoms with van der Waals surface area (Å²) in [4.78, 5) is 27.1. The van der Waals surface area contributed by atoms with Crippen LogP contribution in [0.1, 0.15) is 36.0 Å². The molecule has 0 atom stereocenters. The van der Waals surface area contributed by atoms with Gasteiger partial charge in [0.15, 0.2) is 0 Å². The molecule has 158 valence electrons. The lowest BCUT2D eigenvalue weighted by Crippen LogP contribution is -2.36. The molecule has 0 bridgehead atoms. The fraction of sp³-hybridized carbons (Fsp3) is 0.409. The van der Waals surface area contributed by atoms with Gasteiger partial charge in [-0.05, 0) is 37.1 Å². The van der Waals surface area contributed by atoms with Crippen molar-refractivity contribution in [1.82, 2.24) is 0 Å². The van der Waals surface area contributed by atoms with E-state index in [1.165, 1.54) is 31.7 Å². The topological polar surface area (TPSA) is 84.7 Å². The second kappa shape index (κ2) is 9.49. The van der Waals surface area contributed by atoms with E-state index in [4.69, 9.17) is 4.74 Å². The first-order valence-electron chi connectivity index (χ1n) is 10.3. The third kappa shape index (κ3) is 4.76. The van der Waals surface area contributed by atoms with Crippen molar-refractivity contribution in [2.24, 2.45) is 0 Å². The lowest BCUT2D eigenvalue weighted by atomic mass is 10.1. The van der Waals surface area contributed by atoms with Crippen molar-refractivity contribution in [2.45, 2.75) is 35.8 Å². The van der Waals surface area contributed by atoms with E-state index in [0.717, 1.165) is 10.6 Å². The SMILES string of the molecule is O=C(Nc1ccccc1SC1CCCC1)c1ccc(N2CCOCC2)c([N+](=O)[O-])c1. The molecular formula is C22H25N3O4S. The van der Waals surface area contributed by atoms with Crippen molar-refractivity contribution < 1.29 is 14.5 Å². The van der Waals surface area contributed by atoms with E-state index in [1.54, 1.807) is 23.9 Å². The number of hydrogen-bond acceptors (Lipinski definition) is 6. The number of anilines is 2. The Morgan fingerprint density at radius 3 is 2.60 bits per heavy atom. The van der Waals surface area contributed by atoms with E-state index in [1.807, 2.05) is 29.2 Å². The second-order valence-corrected chi connectivity index (χ2v) is 8.88. The summed E-state index contributed by atoms with van der Waals surface area (Å²) in [5, 5.41) is 15.2. The van der Waals surface area contributed by atoms with Gasteiger partial charge in [0, 0.05) is 34.9 Å². The molecule has 1 saturated heterocycles. The number of carbonyl (C=O) groups excluding carboxylic acids is 1. The molecule has 30 heavy (non-hydrogen) atoms. The molecule has 0 radical (unpaired) electrons. The summed E-state index contributed by atoms with van der Waals surface area (Å²) >= 11 is 1.80. The van der Waals surface area contributed by atoms with Gasteiger partial charge in [0.2, 0.25) is 0 Å². The number of nitro groups is 1. The number of nitrogens with zero attached hydrogens (tertiary/aromatic N) is 2. The Bertz CT molecular complexity index is 924. The van der Waals surface area contributed by atoms with Gasteiger partial charge in [-0.1, -0.05) is 25.0 Å². The monoisotopic (exact) mass is 427 g/mol. The van der Waals surface area contributed by atoms with Crippen molar-refractivity contribution >= 4 is 34.7 Å². The van der Waals surface area contributed by atoms with Gasteiger partial charge in [0.1, 0.15) is 5.69 Å². The number of thioether (sulfide) groups is 1. The summed E-state index contributed by atoms with van der Waals surface area (Å²) in [7, 11) is 0. The third-order valence-electron chi connectivity index (χ3n) is 5.52. The minimum Gasteiger partial charge on any atom is -0.378 e. The van der Waals surface area contributed by atoms with Crippen molar-refractivity contribution in [1.29, 1.82) is 0 Å². The number of morpholine rings is 1. The van der Waals surface area contributed by atoms with Crippen LogP contribution in [-0.2, 0) is 4.74 Å². The molecule has 1 saturated carbocycles. The van der Waals surface area contributed by atoms with Gasteiger partial charge in [-0.15, -0.1) is 11.8 Å². The summed E-state index contributed by atoms with van der Waals surface area (Å²) in [5.74, 6) is -0.342. The van der Waals surface area contributed by atoms with Crippen LogP contribution < -0.4 is 10.2 Å². The van der Waals surface area contributed by atoms with Crippen LogP contribution in [0.15, 0.2) is 47.4 Å². The van der Waals surface area contributed by atoms with Gasteiger partial charge < -0.3 is 15.0 Å². The summed E-state index contributed by atoms with van der Waals surface area (Å²) in [5.41, 5.74) is 1.49. The molecule has 8 heteroatoms. The zero-order valence-corrected chi connectivity index (χ0v) is 17.5. The molecule has 1 heterocycles. The first kappa shape index (κ1) is 20.7. The fourth-order valence-corrected chi connectivity index (χ4v) is 5.27. The summed E-state index contributed by atoms with van der Waals surface area (Å²) in [6.07, 6.45) is 4.90. The minimum atomic E-state index is -0.425. The van der Waals surface area contributed by atoms with Crippen LogP contribution in [0.25, 0.3) is 0 Å². The molecule has 7 nitrogen and oxygen atoms in total. The van der Waals surface area contributed by atoms with E-state index >= 15 is 0 Å². The van der Waals surface area contributed by atoms with Crippen LogP contribution in [0, 0.1) is 10.1 Å². The van der Waals surface area contributed by atoms with Gasteiger partial charge in [0.05, 0.1) is 23.8 Å². The number of benzene rings is 2. The molecule has 2 fully saturated rings. The largest absolute Gasteiger partial charge is 0.378 e. The predicted molar refractivity (Wildman–Crippen MR) is 119 cm³/mol. The van der Waals surface area contributed by atoms with Crippen LogP contribution in [0.2, 0.25) is 0 Å². The highest BCUT2D eigenvalue weighted by atomic mass is 32.2. The molecule has 0 spiro atoms. The van der Waals surface area contributed by atoms with Crippen molar-refractivity contribution in [3.63, 3.8) is 0 Å². The highest BCUT2D eigenvalue weighted by Gasteiger charge is 2.24. The summed E-state index contributed by atoms with van der Waals surface area (Å²) in [6.45, 7) is 2.26. The molecular weight excluding hydrogens is 402 g/mol. The molecule has 2 aromatic rings. The van der Waals surface area contributed by atoms with Crippen molar-refractivity contribution in [3.05, 3.63) is 58.1 Å². The van der Waals surface area contributed by atoms with Crippen LogP contribution in [-0.4, -0.2) is 42.4 Å². The molecule has 1 N–H and O–H groups in total. The van der Waals surface area contributed by atoms with Gasteiger partial charge in [0.25, 0.3) is 11.6 Å². The van der Waals surface area contributed by atoms with E-state index in [0.29, 0.717) is 37.2 Å². The Kier molecular flexibility index (Phi) is 6.54. The zero-order chi connectivity index (χ0) is 20.9. The second-order valence-electron chi connectivity index (χ2n) is 7.53. The minimum absolute atomic E-state index is 0.0573. The van der Waals surface area contributed by atoms with E-state index in [9.17, 15) is 14.9 Å². The average Bonchev–Trinajstić information content (AvgIpc) is 3.28. The molecule has 1 aliphatic carbocycles. The fourth-order valence-electron chi connectivity index (χ4n) is 3.94. The Labute approximate surface area is 179 Å². The maximum absolute atomic E-state index is 12.9. The van der Waals surface area contributed by atoms with Gasteiger partial charge in [-0.25, -0.2) is 0 Å². The number of para-hydroxylation sites is 1. The number of nitro benzene ring substituents is 1. The lowest BCUT2D eigenvalue weighted by molar-refractivity contribution is -0.384. The summed E-state index contributed by atoms with van der Waals surface area (Å²) in [6, 6.07) is 12.4. The number of nitrogens with one attached hydrogen (secondary N) is 1. The molecule has 2 aromatic carbocycles. The lowest BCUT2D eigenvalue weighted by Gasteiger charge is -2.28. The normalized spacial score (nSPS) is 17.1. The first-order chi connectivity index (χ1) is 14.6. The maximum Gasteiger partial charge on any atom is 0.293 e. The number of ether oxygens (including phenoxy) is 1. The molecule has 0 aromatic heterocycles.